The summed E-state index contributed by atoms with van der Waals surface area (Å²) in [5.41, 5.74) is 1.81. The van der Waals surface area contributed by atoms with Crippen molar-refractivity contribution in [2.75, 3.05) is 32.1 Å². The van der Waals surface area contributed by atoms with Crippen LogP contribution < -0.4 is 10.9 Å². The Morgan fingerprint density at radius 3 is 2.73 bits per heavy atom. The van der Waals surface area contributed by atoms with Crippen LogP contribution in [0, 0.1) is 0 Å². The predicted octanol–water partition coefficient (Wildman–Crippen LogP) is 3.59. The molecule has 1 aliphatic rings. The number of benzene rings is 1. The Balaban J connectivity index is 1.64. The number of nitrogens with one attached hydrogen (secondary N) is 1. The fraction of sp³-hybridized carbons (Fsp3) is 0.250. The molecule has 3 heterocycles. The second-order valence-electron chi connectivity index (χ2n) is 7.45. The third kappa shape index (κ3) is 5.32. The van der Waals surface area contributed by atoms with E-state index in [4.69, 9.17) is 17.0 Å². The maximum absolute atomic E-state index is 13.3. The summed E-state index contributed by atoms with van der Waals surface area (Å²) in [7, 11) is 1.62. The fourth-order valence-electron chi connectivity index (χ4n) is 3.53. The number of hydrogen-bond donors (Lipinski definition) is 1. The SMILES string of the molecule is COCCCN1C(=O)C(=Cc2c(NCCc3ccccc3)nc3ccccn3c2=O)SC1=S. The minimum absolute atomic E-state index is 0.200. The largest absolute Gasteiger partial charge is 0.385 e. The van der Waals surface area contributed by atoms with E-state index in [1.165, 1.54) is 21.7 Å². The molecule has 1 fully saturated rings. The van der Waals surface area contributed by atoms with Crippen molar-refractivity contribution < 1.29 is 9.53 Å². The van der Waals surface area contributed by atoms with Crippen molar-refractivity contribution in [3.63, 3.8) is 0 Å². The number of methoxy groups -OCH3 is 1. The molecule has 1 aromatic carbocycles. The fourth-order valence-corrected chi connectivity index (χ4v) is 4.82. The lowest BCUT2D eigenvalue weighted by atomic mass is 10.1. The van der Waals surface area contributed by atoms with Crippen molar-refractivity contribution in [1.82, 2.24) is 14.3 Å². The lowest BCUT2D eigenvalue weighted by molar-refractivity contribution is -0.122. The number of amides is 1. The van der Waals surface area contributed by atoms with E-state index in [2.05, 4.69) is 22.4 Å². The number of thiocarbonyl (C=S) groups is 1. The van der Waals surface area contributed by atoms with E-state index in [9.17, 15) is 9.59 Å². The van der Waals surface area contributed by atoms with Gasteiger partial charge < -0.3 is 10.1 Å². The molecule has 0 radical (unpaired) electrons. The van der Waals surface area contributed by atoms with Crippen LogP contribution in [-0.2, 0) is 16.0 Å². The van der Waals surface area contributed by atoms with Gasteiger partial charge in [-0.3, -0.25) is 18.9 Å². The molecule has 1 N–H and O–H groups in total. The first-order chi connectivity index (χ1) is 16.1. The van der Waals surface area contributed by atoms with Crippen LogP contribution in [0.2, 0.25) is 0 Å². The molecule has 0 spiro atoms. The topological polar surface area (TPSA) is 75.9 Å². The highest BCUT2D eigenvalue weighted by Crippen LogP contribution is 2.33. The molecule has 9 heteroatoms. The Labute approximate surface area is 201 Å². The molecule has 33 heavy (non-hydrogen) atoms. The summed E-state index contributed by atoms with van der Waals surface area (Å²) in [6.07, 6.45) is 4.74. The summed E-state index contributed by atoms with van der Waals surface area (Å²) in [5, 5.41) is 3.30. The van der Waals surface area contributed by atoms with E-state index in [0.29, 0.717) is 52.4 Å². The predicted molar refractivity (Wildman–Crippen MR) is 136 cm³/mol. The van der Waals surface area contributed by atoms with Gasteiger partial charge in [0.1, 0.15) is 15.8 Å². The van der Waals surface area contributed by atoms with Gasteiger partial charge in [-0.2, -0.15) is 0 Å². The summed E-state index contributed by atoms with van der Waals surface area (Å²) < 4.78 is 7.03. The zero-order chi connectivity index (χ0) is 23.2. The number of fused-ring (bicyclic) bond motifs is 1. The monoisotopic (exact) mass is 480 g/mol. The van der Waals surface area contributed by atoms with Gasteiger partial charge in [-0.15, -0.1) is 0 Å². The zero-order valence-electron chi connectivity index (χ0n) is 18.2. The van der Waals surface area contributed by atoms with Crippen molar-refractivity contribution >= 4 is 51.7 Å². The first-order valence-electron chi connectivity index (χ1n) is 10.6. The first kappa shape index (κ1) is 23.2. The molecule has 1 amide bonds. The van der Waals surface area contributed by atoms with Crippen LogP contribution in [0.5, 0.6) is 0 Å². The van der Waals surface area contributed by atoms with Crippen LogP contribution in [0.15, 0.2) is 64.4 Å². The summed E-state index contributed by atoms with van der Waals surface area (Å²) in [6.45, 7) is 1.62. The van der Waals surface area contributed by atoms with Crippen molar-refractivity contribution in [2.24, 2.45) is 0 Å². The molecular weight excluding hydrogens is 456 g/mol. The van der Waals surface area contributed by atoms with E-state index in [1.807, 2.05) is 24.3 Å². The Bertz CT molecular complexity index is 1260. The highest BCUT2D eigenvalue weighted by atomic mass is 32.2. The quantitative estimate of drug-likeness (QED) is 0.285. The maximum atomic E-state index is 13.3. The smallest absolute Gasteiger partial charge is 0.267 e. The van der Waals surface area contributed by atoms with E-state index < -0.39 is 0 Å². The lowest BCUT2D eigenvalue weighted by Crippen LogP contribution is -2.29. The van der Waals surface area contributed by atoms with Crippen LogP contribution in [0.4, 0.5) is 5.82 Å². The van der Waals surface area contributed by atoms with E-state index in [1.54, 1.807) is 36.4 Å². The first-order valence-corrected chi connectivity index (χ1v) is 11.8. The van der Waals surface area contributed by atoms with E-state index in [-0.39, 0.29) is 11.5 Å². The number of thioether (sulfide) groups is 1. The van der Waals surface area contributed by atoms with Gasteiger partial charge in [0.25, 0.3) is 11.5 Å². The van der Waals surface area contributed by atoms with Gasteiger partial charge in [0.15, 0.2) is 0 Å². The Morgan fingerprint density at radius 1 is 1.15 bits per heavy atom. The standard InChI is InChI=1S/C24H24N4O3S2/c1-31-15-7-14-28-23(30)19(33-24(28)32)16-18-21(25-12-11-17-8-3-2-4-9-17)26-20-10-5-6-13-27(20)22(18)29/h2-6,8-10,13,16,25H,7,11-12,14-15H2,1H3. The van der Waals surface area contributed by atoms with Crippen LogP contribution in [0.1, 0.15) is 17.5 Å². The van der Waals surface area contributed by atoms with Crippen molar-refractivity contribution in [3.05, 3.63) is 81.1 Å². The van der Waals surface area contributed by atoms with Crippen molar-refractivity contribution in [2.45, 2.75) is 12.8 Å². The van der Waals surface area contributed by atoms with Crippen molar-refractivity contribution in [3.8, 4) is 0 Å². The van der Waals surface area contributed by atoms with Crippen LogP contribution in [0.3, 0.4) is 0 Å². The Hall–Kier alpha value is -3.01. The number of aromatic nitrogens is 2. The molecule has 0 bridgehead atoms. The van der Waals surface area contributed by atoms with Crippen molar-refractivity contribution in [1.29, 1.82) is 0 Å². The molecule has 170 valence electrons. The van der Waals surface area contributed by atoms with Crippen LogP contribution in [0.25, 0.3) is 11.7 Å². The van der Waals surface area contributed by atoms with Gasteiger partial charge in [-0.05, 0) is 36.6 Å². The molecule has 1 aliphatic heterocycles. The Kier molecular flexibility index (Phi) is 7.54. The van der Waals surface area contributed by atoms with Crippen LogP contribution >= 0.6 is 24.0 Å². The summed E-state index contributed by atoms with van der Waals surface area (Å²) >= 11 is 6.60. The summed E-state index contributed by atoms with van der Waals surface area (Å²) in [5.74, 6) is 0.251. The molecule has 1 saturated heterocycles. The molecule has 0 saturated carbocycles. The minimum atomic E-state index is -0.243. The van der Waals surface area contributed by atoms with Gasteiger partial charge in [-0.25, -0.2) is 4.98 Å². The number of anilines is 1. The average Bonchev–Trinajstić information content (AvgIpc) is 3.09. The van der Waals surface area contributed by atoms with E-state index in [0.717, 1.165) is 6.42 Å². The molecule has 4 rings (SSSR count). The number of nitrogens with zero attached hydrogens (tertiary/aromatic N) is 3. The van der Waals surface area contributed by atoms with E-state index >= 15 is 0 Å². The van der Waals surface area contributed by atoms with Crippen LogP contribution in [-0.4, -0.2) is 51.3 Å². The highest BCUT2D eigenvalue weighted by molar-refractivity contribution is 8.26. The van der Waals surface area contributed by atoms with Gasteiger partial charge in [0.2, 0.25) is 0 Å². The molecule has 3 aromatic rings. The molecule has 0 aliphatic carbocycles. The lowest BCUT2D eigenvalue weighted by Gasteiger charge is -2.13. The minimum Gasteiger partial charge on any atom is -0.385 e. The Morgan fingerprint density at radius 2 is 1.94 bits per heavy atom. The average molecular weight is 481 g/mol. The molecule has 0 unspecified atom stereocenters. The normalized spacial score (nSPS) is 15.1. The number of hydrogen-bond acceptors (Lipinski definition) is 7. The van der Waals surface area contributed by atoms with Gasteiger partial charge in [0, 0.05) is 33.0 Å². The number of ether oxygens (including phenoxy) is 1. The zero-order valence-corrected chi connectivity index (χ0v) is 19.8. The maximum Gasteiger partial charge on any atom is 0.267 e. The second kappa shape index (κ2) is 10.7. The number of rotatable bonds is 9. The summed E-state index contributed by atoms with van der Waals surface area (Å²) in [4.78, 5) is 32.9. The number of carbonyl (C=O) groups excluding carboxylic acids is 1. The molecule has 0 atom stereocenters. The third-order valence-corrected chi connectivity index (χ3v) is 6.57. The third-order valence-electron chi connectivity index (χ3n) is 5.20. The number of pyridine rings is 1. The number of carbonyl (C=O) groups is 1. The van der Waals surface area contributed by atoms with Gasteiger partial charge in [0.05, 0.1) is 10.5 Å². The molecule has 2 aromatic heterocycles. The summed E-state index contributed by atoms with van der Waals surface area (Å²) in [6, 6.07) is 15.5. The van der Waals surface area contributed by atoms with Gasteiger partial charge in [-0.1, -0.05) is 60.4 Å². The second-order valence-corrected chi connectivity index (χ2v) is 9.13. The molecular formula is C24H24N4O3S2. The molecule has 7 nitrogen and oxygen atoms in total. The van der Waals surface area contributed by atoms with Gasteiger partial charge >= 0.3 is 0 Å². The highest BCUT2D eigenvalue weighted by Gasteiger charge is 2.32.